The smallest absolute Gasteiger partial charge is 0.410 e. The summed E-state index contributed by atoms with van der Waals surface area (Å²) >= 11 is 0. The Morgan fingerprint density at radius 2 is 1.75 bits per heavy atom. The number of hydrogen-bond donors (Lipinski definition) is 1. The van der Waals surface area contributed by atoms with E-state index in [2.05, 4.69) is 0 Å². The summed E-state index contributed by atoms with van der Waals surface area (Å²) in [6.45, 7) is 6.73. The van der Waals surface area contributed by atoms with Crippen molar-refractivity contribution in [3.63, 3.8) is 0 Å². The van der Waals surface area contributed by atoms with E-state index in [1.165, 1.54) is 0 Å². The van der Waals surface area contributed by atoms with Crippen LogP contribution in [0.2, 0.25) is 0 Å². The summed E-state index contributed by atoms with van der Waals surface area (Å²) < 4.78 is 5.26. The van der Waals surface area contributed by atoms with Crippen LogP contribution in [0.1, 0.15) is 20.8 Å². The van der Waals surface area contributed by atoms with Gasteiger partial charge in [-0.2, -0.15) is 0 Å². The maximum absolute atomic E-state index is 11.7. The molecule has 3 atom stereocenters. The molecule has 90 valence electrons. The molecule has 2 N–H and O–H groups in total. The molecule has 2 amide bonds. The lowest BCUT2D eigenvalue weighted by Gasteiger charge is -2.25. The summed E-state index contributed by atoms with van der Waals surface area (Å²) in [4.78, 5) is 24.3. The highest BCUT2D eigenvalue weighted by molar-refractivity contribution is 5.81. The van der Waals surface area contributed by atoms with Crippen molar-refractivity contribution in [1.29, 1.82) is 0 Å². The molecule has 2 aliphatic rings. The highest BCUT2D eigenvalue weighted by Crippen LogP contribution is 2.51. The van der Waals surface area contributed by atoms with Crippen molar-refractivity contribution in [3.8, 4) is 0 Å². The number of piperidine rings is 1. The first-order chi connectivity index (χ1) is 7.29. The standard InChI is InChI=1S/C11H18N2O3/c1-11(2,3)16-10(15)13-4-6-7(5-13)8(6)9(12)14/h6-8H,4-5H2,1-3H3,(H2,12,14)/t6-,7?,8?/m0/s1. The Morgan fingerprint density at radius 1 is 1.25 bits per heavy atom. The predicted molar refractivity (Wildman–Crippen MR) is 57.5 cm³/mol. The van der Waals surface area contributed by atoms with Crippen LogP contribution in [0.5, 0.6) is 0 Å². The number of ether oxygens (including phenoxy) is 1. The highest BCUT2D eigenvalue weighted by Gasteiger charge is 2.59. The van der Waals surface area contributed by atoms with E-state index in [1.54, 1.807) is 4.90 Å². The Labute approximate surface area is 94.9 Å². The van der Waals surface area contributed by atoms with Crippen LogP contribution in [-0.4, -0.2) is 35.6 Å². The van der Waals surface area contributed by atoms with E-state index in [0.29, 0.717) is 13.1 Å². The Bertz CT molecular complexity index is 323. The Morgan fingerprint density at radius 3 is 2.12 bits per heavy atom. The first kappa shape index (κ1) is 11.2. The number of likely N-dealkylation sites (tertiary alicyclic amines) is 1. The van der Waals surface area contributed by atoms with E-state index in [4.69, 9.17) is 10.5 Å². The predicted octanol–water partition coefficient (Wildman–Crippen LogP) is 0.585. The van der Waals surface area contributed by atoms with Crippen LogP contribution < -0.4 is 5.73 Å². The topological polar surface area (TPSA) is 72.6 Å². The SMILES string of the molecule is CC(C)(C)OC(=O)N1CC2C(C(N)=O)[C@H]2C1. The summed E-state index contributed by atoms with van der Waals surface area (Å²) in [5, 5.41) is 0. The first-order valence-corrected chi connectivity index (χ1v) is 5.57. The van der Waals surface area contributed by atoms with Gasteiger partial charge in [0, 0.05) is 19.0 Å². The van der Waals surface area contributed by atoms with Crippen LogP contribution >= 0.6 is 0 Å². The minimum atomic E-state index is -0.465. The second kappa shape index (κ2) is 3.37. The number of hydrogen-bond acceptors (Lipinski definition) is 3. The molecule has 0 aromatic carbocycles. The zero-order chi connectivity index (χ0) is 12.1. The minimum absolute atomic E-state index is 0.0151. The van der Waals surface area contributed by atoms with Gasteiger partial charge < -0.3 is 15.4 Å². The molecule has 5 heteroatoms. The fourth-order valence-electron chi connectivity index (χ4n) is 2.42. The van der Waals surface area contributed by atoms with Crippen molar-refractivity contribution in [2.24, 2.45) is 23.5 Å². The number of nitrogens with zero attached hydrogens (tertiary/aromatic N) is 1. The normalized spacial score (nSPS) is 32.2. The van der Waals surface area contributed by atoms with Crippen molar-refractivity contribution in [2.75, 3.05) is 13.1 Å². The number of carbonyl (C=O) groups is 2. The van der Waals surface area contributed by atoms with Crippen molar-refractivity contribution < 1.29 is 14.3 Å². The molecule has 0 aromatic heterocycles. The van der Waals surface area contributed by atoms with Gasteiger partial charge in [0.15, 0.2) is 0 Å². The van der Waals surface area contributed by atoms with Crippen LogP contribution in [0.25, 0.3) is 0 Å². The monoisotopic (exact) mass is 226 g/mol. The van der Waals surface area contributed by atoms with Gasteiger partial charge in [-0.3, -0.25) is 4.79 Å². The average Bonchev–Trinajstić information content (AvgIpc) is 2.60. The number of rotatable bonds is 1. The Balaban J connectivity index is 1.85. The Kier molecular flexibility index (Phi) is 2.36. The lowest BCUT2D eigenvalue weighted by molar-refractivity contribution is -0.120. The molecule has 5 nitrogen and oxygen atoms in total. The number of carbonyl (C=O) groups excluding carboxylic acids is 2. The van der Waals surface area contributed by atoms with Gasteiger partial charge in [-0.15, -0.1) is 0 Å². The summed E-state index contributed by atoms with van der Waals surface area (Å²) in [6.07, 6.45) is -0.289. The van der Waals surface area contributed by atoms with Crippen molar-refractivity contribution >= 4 is 12.0 Å². The fourth-order valence-corrected chi connectivity index (χ4v) is 2.42. The summed E-state index contributed by atoms with van der Waals surface area (Å²) in [7, 11) is 0. The maximum Gasteiger partial charge on any atom is 0.410 e. The third-order valence-electron chi connectivity index (χ3n) is 3.17. The maximum atomic E-state index is 11.7. The molecule has 0 radical (unpaired) electrons. The van der Waals surface area contributed by atoms with Gasteiger partial charge in [0.05, 0.1) is 0 Å². The van der Waals surface area contributed by atoms with Crippen LogP contribution in [-0.2, 0) is 9.53 Å². The van der Waals surface area contributed by atoms with Crippen LogP contribution in [0.4, 0.5) is 4.79 Å². The highest BCUT2D eigenvalue weighted by atomic mass is 16.6. The second-order valence-electron chi connectivity index (χ2n) is 5.64. The van der Waals surface area contributed by atoms with Gasteiger partial charge in [0.1, 0.15) is 5.60 Å². The molecule has 1 aliphatic carbocycles. The van der Waals surface area contributed by atoms with Crippen molar-refractivity contribution in [3.05, 3.63) is 0 Å². The molecular formula is C11H18N2O3. The van der Waals surface area contributed by atoms with Crippen molar-refractivity contribution in [2.45, 2.75) is 26.4 Å². The molecule has 2 rings (SSSR count). The Hall–Kier alpha value is -1.26. The van der Waals surface area contributed by atoms with Crippen molar-refractivity contribution in [1.82, 2.24) is 4.90 Å². The molecule has 0 aromatic rings. The summed E-state index contributed by atoms with van der Waals surface area (Å²) in [6, 6.07) is 0. The summed E-state index contributed by atoms with van der Waals surface area (Å²) in [5.74, 6) is 0.285. The van der Waals surface area contributed by atoms with Crippen LogP contribution in [0.3, 0.4) is 0 Å². The number of primary amides is 1. The zero-order valence-electron chi connectivity index (χ0n) is 9.90. The molecule has 16 heavy (non-hydrogen) atoms. The van der Waals surface area contributed by atoms with E-state index in [9.17, 15) is 9.59 Å². The van der Waals surface area contributed by atoms with Crippen LogP contribution in [0.15, 0.2) is 0 Å². The molecule has 0 bridgehead atoms. The fraction of sp³-hybridized carbons (Fsp3) is 0.818. The van der Waals surface area contributed by atoms with E-state index >= 15 is 0 Å². The molecule has 1 heterocycles. The molecule has 1 saturated carbocycles. The quantitative estimate of drug-likeness (QED) is 0.711. The largest absolute Gasteiger partial charge is 0.444 e. The molecule has 0 spiro atoms. The molecule has 2 fully saturated rings. The average molecular weight is 226 g/mol. The van der Waals surface area contributed by atoms with E-state index in [0.717, 1.165) is 0 Å². The lowest BCUT2D eigenvalue weighted by atomic mass is 10.2. The molecular weight excluding hydrogens is 208 g/mol. The van der Waals surface area contributed by atoms with Gasteiger partial charge >= 0.3 is 6.09 Å². The van der Waals surface area contributed by atoms with Gasteiger partial charge in [-0.1, -0.05) is 0 Å². The first-order valence-electron chi connectivity index (χ1n) is 5.57. The van der Waals surface area contributed by atoms with Gasteiger partial charge in [0.25, 0.3) is 0 Å². The van der Waals surface area contributed by atoms with Gasteiger partial charge in [-0.05, 0) is 32.6 Å². The number of amides is 2. The third-order valence-corrected chi connectivity index (χ3v) is 3.17. The molecule has 1 aliphatic heterocycles. The number of nitrogens with two attached hydrogens (primary N) is 1. The van der Waals surface area contributed by atoms with E-state index in [-0.39, 0.29) is 29.8 Å². The van der Waals surface area contributed by atoms with Crippen LogP contribution in [0, 0.1) is 17.8 Å². The van der Waals surface area contributed by atoms with E-state index < -0.39 is 5.60 Å². The van der Waals surface area contributed by atoms with Gasteiger partial charge in [0.2, 0.25) is 5.91 Å². The second-order valence-corrected chi connectivity index (χ2v) is 5.64. The minimum Gasteiger partial charge on any atom is -0.444 e. The lowest BCUT2D eigenvalue weighted by Crippen LogP contribution is -2.38. The molecule has 2 unspecified atom stereocenters. The molecule has 1 saturated heterocycles. The van der Waals surface area contributed by atoms with E-state index in [1.807, 2.05) is 20.8 Å². The third kappa shape index (κ3) is 1.99. The summed E-state index contributed by atoms with van der Waals surface area (Å²) in [5.41, 5.74) is 4.77. The zero-order valence-corrected chi connectivity index (χ0v) is 9.90. The number of fused-ring (bicyclic) bond motifs is 1. The van der Waals surface area contributed by atoms with Gasteiger partial charge in [-0.25, -0.2) is 4.79 Å².